The van der Waals surface area contributed by atoms with E-state index in [0.717, 1.165) is 21.4 Å². The molecule has 3 aromatic carbocycles. The Morgan fingerprint density at radius 2 is 1.76 bits per heavy atom. The standard InChI is InChI=1S/C19H15ClO/c1-19(2)14-9-6-11-4-3-5-16(21)17(11)18(14)13-8-7-12(20)10-15(13)19/h3-10,21H,1-2H3. The van der Waals surface area contributed by atoms with Crippen LogP contribution in [-0.4, -0.2) is 5.11 Å². The highest BCUT2D eigenvalue weighted by molar-refractivity contribution is 6.30. The third-order valence-corrected chi connectivity index (χ3v) is 4.86. The summed E-state index contributed by atoms with van der Waals surface area (Å²) in [4.78, 5) is 0. The van der Waals surface area contributed by atoms with E-state index in [-0.39, 0.29) is 5.41 Å². The first kappa shape index (κ1) is 12.7. The van der Waals surface area contributed by atoms with E-state index in [0.29, 0.717) is 5.75 Å². The molecule has 0 atom stereocenters. The van der Waals surface area contributed by atoms with Crippen LogP contribution in [-0.2, 0) is 5.41 Å². The summed E-state index contributed by atoms with van der Waals surface area (Å²) >= 11 is 6.19. The number of fused-ring (bicyclic) bond motifs is 5. The van der Waals surface area contributed by atoms with Gasteiger partial charge in [0.25, 0.3) is 0 Å². The Labute approximate surface area is 128 Å². The summed E-state index contributed by atoms with van der Waals surface area (Å²) in [6.45, 7) is 4.42. The van der Waals surface area contributed by atoms with Crippen LogP contribution in [0.2, 0.25) is 5.02 Å². The molecule has 2 heteroatoms. The lowest BCUT2D eigenvalue weighted by molar-refractivity contribution is 0.482. The van der Waals surface area contributed by atoms with Crippen molar-refractivity contribution in [1.29, 1.82) is 0 Å². The Balaban J connectivity index is 2.22. The van der Waals surface area contributed by atoms with Gasteiger partial charge in [-0.05, 0) is 45.8 Å². The van der Waals surface area contributed by atoms with E-state index in [4.69, 9.17) is 11.6 Å². The largest absolute Gasteiger partial charge is 0.507 e. The fraction of sp³-hybridized carbons (Fsp3) is 0.158. The summed E-state index contributed by atoms with van der Waals surface area (Å²) in [5, 5.41) is 13.1. The molecule has 0 amide bonds. The smallest absolute Gasteiger partial charge is 0.124 e. The van der Waals surface area contributed by atoms with Gasteiger partial charge in [-0.3, -0.25) is 0 Å². The summed E-state index contributed by atoms with van der Waals surface area (Å²) in [5.41, 5.74) is 4.68. The van der Waals surface area contributed by atoms with Gasteiger partial charge >= 0.3 is 0 Å². The van der Waals surface area contributed by atoms with E-state index < -0.39 is 0 Å². The van der Waals surface area contributed by atoms with Gasteiger partial charge in [-0.2, -0.15) is 0 Å². The van der Waals surface area contributed by atoms with Crippen molar-refractivity contribution in [2.45, 2.75) is 19.3 Å². The number of aromatic hydroxyl groups is 1. The van der Waals surface area contributed by atoms with Gasteiger partial charge in [0.15, 0.2) is 0 Å². The number of phenolic OH excluding ortho intramolecular Hbond substituents is 1. The predicted octanol–water partition coefficient (Wildman–Crippen LogP) is 5.51. The highest BCUT2D eigenvalue weighted by atomic mass is 35.5. The molecule has 3 aromatic rings. The molecule has 1 N–H and O–H groups in total. The van der Waals surface area contributed by atoms with Gasteiger partial charge in [0.2, 0.25) is 0 Å². The lowest BCUT2D eigenvalue weighted by Gasteiger charge is -2.21. The fourth-order valence-electron chi connectivity index (χ4n) is 3.56. The zero-order chi connectivity index (χ0) is 14.8. The van der Waals surface area contributed by atoms with Gasteiger partial charge in [0, 0.05) is 15.8 Å². The van der Waals surface area contributed by atoms with Crippen molar-refractivity contribution in [3.8, 4) is 16.9 Å². The molecule has 0 unspecified atom stereocenters. The number of phenols is 1. The summed E-state index contributed by atoms with van der Waals surface area (Å²) < 4.78 is 0. The minimum absolute atomic E-state index is 0.105. The molecule has 4 rings (SSSR count). The average molecular weight is 295 g/mol. The fourth-order valence-corrected chi connectivity index (χ4v) is 3.73. The van der Waals surface area contributed by atoms with Crippen molar-refractivity contribution >= 4 is 22.4 Å². The molecule has 0 heterocycles. The molecule has 0 spiro atoms. The van der Waals surface area contributed by atoms with Crippen molar-refractivity contribution in [2.24, 2.45) is 0 Å². The van der Waals surface area contributed by atoms with E-state index in [1.54, 1.807) is 6.07 Å². The quantitative estimate of drug-likeness (QED) is 0.580. The normalized spacial score (nSPS) is 15.0. The zero-order valence-corrected chi connectivity index (χ0v) is 12.7. The minimum Gasteiger partial charge on any atom is -0.507 e. The van der Waals surface area contributed by atoms with Crippen LogP contribution in [0.15, 0.2) is 48.5 Å². The molecule has 0 radical (unpaired) electrons. The van der Waals surface area contributed by atoms with Crippen LogP contribution in [0.5, 0.6) is 5.75 Å². The van der Waals surface area contributed by atoms with Crippen molar-refractivity contribution in [1.82, 2.24) is 0 Å². The maximum Gasteiger partial charge on any atom is 0.124 e. The number of hydrogen-bond donors (Lipinski definition) is 1. The van der Waals surface area contributed by atoms with Gasteiger partial charge < -0.3 is 5.11 Å². The summed E-state index contributed by atoms with van der Waals surface area (Å²) in [6.07, 6.45) is 0. The first-order valence-electron chi connectivity index (χ1n) is 7.06. The average Bonchev–Trinajstić information content (AvgIpc) is 2.67. The van der Waals surface area contributed by atoms with Crippen LogP contribution in [0, 0.1) is 0 Å². The van der Waals surface area contributed by atoms with Gasteiger partial charge in [0.1, 0.15) is 5.75 Å². The SMILES string of the molecule is CC1(C)c2cc(Cl)ccc2-c2c1ccc1cccc(O)c21. The number of rotatable bonds is 0. The van der Waals surface area contributed by atoms with E-state index in [2.05, 4.69) is 32.0 Å². The lowest BCUT2D eigenvalue weighted by Crippen LogP contribution is -2.14. The second-order valence-electron chi connectivity index (χ2n) is 6.18. The van der Waals surface area contributed by atoms with Gasteiger partial charge in [0.05, 0.1) is 0 Å². The molecule has 1 aliphatic rings. The van der Waals surface area contributed by atoms with Crippen LogP contribution < -0.4 is 0 Å². The highest BCUT2D eigenvalue weighted by Gasteiger charge is 2.36. The third-order valence-electron chi connectivity index (χ3n) is 4.62. The monoisotopic (exact) mass is 294 g/mol. The molecular weight excluding hydrogens is 280 g/mol. The van der Waals surface area contributed by atoms with Crippen LogP contribution in [0.25, 0.3) is 21.9 Å². The van der Waals surface area contributed by atoms with Crippen LogP contribution >= 0.6 is 11.6 Å². The number of benzene rings is 3. The molecular formula is C19H15ClO. The lowest BCUT2D eigenvalue weighted by atomic mass is 9.82. The zero-order valence-electron chi connectivity index (χ0n) is 11.9. The first-order chi connectivity index (χ1) is 10.00. The summed E-state index contributed by atoms with van der Waals surface area (Å²) in [6, 6.07) is 16.0. The molecule has 104 valence electrons. The minimum atomic E-state index is -0.105. The molecule has 21 heavy (non-hydrogen) atoms. The van der Waals surface area contributed by atoms with E-state index in [1.807, 2.05) is 24.3 Å². The van der Waals surface area contributed by atoms with Crippen molar-refractivity contribution < 1.29 is 5.11 Å². The summed E-state index contributed by atoms with van der Waals surface area (Å²) in [5.74, 6) is 0.336. The number of hydrogen-bond acceptors (Lipinski definition) is 1. The molecule has 0 aromatic heterocycles. The number of halogens is 1. The van der Waals surface area contributed by atoms with Gasteiger partial charge in [-0.1, -0.05) is 55.8 Å². The molecule has 0 saturated carbocycles. The highest BCUT2D eigenvalue weighted by Crippen LogP contribution is 2.53. The summed E-state index contributed by atoms with van der Waals surface area (Å²) in [7, 11) is 0. The van der Waals surface area contributed by atoms with Crippen LogP contribution in [0.4, 0.5) is 0 Å². The molecule has 1 nitrogen and oxygen atoms in total. The van der Waals surface area contributed by atoms with E-state index >= 15 is 0 Å². The molecule has 1 aliphatic carbocycles. The Morgan fingerprint density at radius 1 is 0.952 bits per heavy atom. The van der Waals surface area contributed by atoms with Crippen LogP contribution in [0.1, 0.15) is 25.0 Å². The predicted molar refractivity (Wildman–Crippen MR) is 88.2 cm³/mol. The third kappa shape index (κ3) is 1.58. The van der Waals surface area contributed by atoms with Crippen LogP contribution in [0.3, 0.4) is 0 Å². The van der Waals surface area contributed by atoms with E-state index in [9.17, 15) is 5.11 Å². The maximum atomic E-state index is 10.4. The molecule has 0 saturated heterocycles. The van der Waals surface area contributed by atoms with Gasteiger partial charge in [-0.15, -0.1) is 0 Å². The second-order valence-corrected chi connectivity index (χ2v) is 6.61. The van der Waals surface area contributed by atoms with E-state index in [1.165, 1.54) is 16.7 Å². The van der Waals surface area contributed by atoms with Crippen molar-refractivity contribution in [2.75, 3.05) is 0 Å². The van der Waals surface area contributed by atoms with Crippen molar-refractivity contribution in [3.63, 3.8) is 0 Å². The Bertz CT molecular complexity index is 893. The molecule has 0 fully saturated rings. The topological polar surface area (TPSA) is 20.2 Å². The Hall–Kier alpha value is -1.99. The first-order valence-corrected chi connectivity index (χ1v) is 7.43. The molecule has 0 aliphatic heterocycles. The Kier molecular flexibility index (Phi) is 2.44. The molecule has 0 bridgehead atoms. The van der Waals surface area contributed by atoms with Gasteiger partial charge in [-0.25, -0.2) is 0 Å². The maximum absolute atomic E-state index is 10.4. The van der Waals surface area contributed by atoms with Crippen molar-refractivity contribution in [3.05, 3.63) is 64.7 Å². The second kappa shape index (κ2) is 4.02. The Morgan fingerprint density at radius 3 is 2.57 bits per heavy atom.